The van der Waals surface area contributed by atoms with Crippen LogP contribution in [0.15, 0.2) is 95.6 Å². The van der Waals surface area contributed by atoms with Crippen molar-refractivity contribution in [3.63, 3.8) is 0 Å². The van der Waals surface area contributed by atoms with Crippen molar-refractivity contribution in [3.8, 4) is 0 Å². The molecular formula is C33H44Si3. The number of benzene rings is 3. The zero-order chi connectivity index (χ0) is 26.5. The summed E-state index contributed by atoms with van der Waals surface area (Å²) in [5, 5.41) is 6.25. The molecule has 1 unspecified atom stereocenters. The van der Waals surface area contributed by atoms with E-state index >= 15 is 0 Å². The average molecular weight is 525 g/mol. The van der Waals surface area contributed by atoms with Crippen molar-refractivity contribution >= 4 is 51.3 Å². The normalized spacial score (nSPS) is 19.0. The van der Waals surface area contributed by atoms with Crippen LogP contribution in [-0.4, -0.2) is 24.9 Å². The maximum absolute atomic E-state index is 2.58. The first kappa shape index (κ1) is 26.8. The molecule has 1 aliphatic rings. The summed E-state index contributed by atoms with van der Waals surface area (Å²) in [5.74, 6) is 0. The first-order valence-electron chi connectivity index (χ1n) is 13.4. The molecule has 3 aromatic rings. The molecular weight excluding hydrogens is 481 g/mol. The summed E-state index contributed by atoms with van der Waals surface area (Å²) in [5.41, 5.74) is 7.61. The van der Waals surface area contributed by atoms with Gasteiger partial charge in [-0.1, -0.05) is 151 Å². The van der Waals surface area contributed by atoms with Gasteiger partial charge in [0.2, 0.25) is 0 Å². The molecule has 0 fully saturated rings. The van der Waals surface area contributed by atoms with Gasteiger partial charge in [0.25, 0.3) is 0 Å². The van der Waals surface area contributed by atoms with E-state index in [-0.39, 0.29) is 5.04 Å². The van der Waals surface area contributed by atoms with Gasteiger partial charge in [0, 0.05) is 5.04 Å². The lowest BCUT2D eigenvalue weighted by Gasteiger charge is -2.40. The van der Waals surface area contributed by atoms with Gasteiger partial charge in [-0.3, -0.25) is 0 Å². The Morgan fingerprint density at radius 3 is 1.39 bits per heavy atom. The standard InChI is InChI=1S/C33H44Si3/c1-24-25(2)32(27-21-30(35(5,6)7)23-31(22-27)36(8,9)10)33(4,26(24)3)34(28-17-13-11-14-18-28)29-19-15-12-16-20-29/h11-23,34H,1-10H3. The van der Waals surface area contributed by atoms with Gasteiger partial charge in [-0.05, 0) is 43.1 Å². The average Bonchev–Trinajstić information content (AvgIpc) is 2.99. The Balaban J connectivity index is 2.05. The lowest BCUT2D eigenvalue weighted by atomic mass is 9.90. The fourth-order valence-electron chi connectivity index (χ4n) is 6.10. The Morgan fingerprint density at radius 1 is 0.583 bits per heavy atom. The van der Waals surface area contributed by atoms with E-state index in [0.29, 0.717) is 0 Å². The van der Waals surface area contributed by atoms with Crippen LogP contribution in [0, 0.1) is 0 Å². The van der Waals surface area contributed by atoms with Gasteiger partial charge in [0.05, 0.1) is 16.1 Å². The van der Waals surface area contributed by atoms with Crippen molar-refractivity contribution in [3.05, 3.63) is 101 Å². The van der Waals surface area contributed by atoms with Crippen molar-refractivity contribution in [1.82, 2.24) is 0 Å². The highest BCUT2D eigenvalue weighted by Gasteiger charge is 2.47. The summed E-state index contributed by atoms with van der Waals surface area (Å²) in [6, 6.07) is 30.5. The first-order chi connectivity index (χ1) is 16.8. The predicted octanol–water partition coefficient (Wildman–Crippen LogP) is 6.70. The third-order valence-electron chi connectivity index (χ3n) is 8.60. The summed E-state index contributed by atoms with van der Waals surface area (Å²) < 4.78 is 0. The zero-order valence-corrected chi connectivity index (χ0v) is 27.2. The van der Waals surface area contributed by atoms with Crippen LogP contribution in [-0.2, 0) is 0 Å². The largest absolute Gasteiger partial charge is 0.117 e. The van der Waals surface area contributed by atoms with E-state index in [9.17, 15) is 0 Å². The fourth-order valence-corrected chi connectivity index (χ4v) is 12.9. The quantitative estimate of drug-likeness (QED) is 0.315. The van der Waals surface area contributed by atoms with Crippen molar-refractivity contribution in [2.75, 3.05) is 0 Å². The molecule has 4 rings (SSSR count). The Bertz CT molecular complexity index is 1250. The maximum atomic E-state index is 2.58. The monoisotopic (exact) mass is 524 g/mol. The van der Waals surface area contributed by atoms with Crippen LogP contribution in [0.4, 0.5) is 0 Å². The van der Waals surface area contributed by atoms with Crippen LogP contribution in [0.2, 0.25) is 44.3 Å². The van der Waals surface area contributed by atoms with Gasteiger partial charge in [-0.25, -0.2) is 0 Å². The van der Waals surface area contributed by atoms with Crippen molar-refractivity contribution in [2.45, 2.75) is 72.0 Å². The fraction of sp³-hybridized carbons (Fsp3) is 0.333. The summed E-state index contributed by atoms with van der Waals surface area (Å²) in [4.78, 5) is 0. The van der Waals surface area contributed by atoms with Crippen molar-refractivity contribution in [1.29, 1.82) is 0 Å². The highest BCUT2D eigenvalue weighted by atomic mass is 28.3. The second-order valence-electron chi connectivity index (χ2n) is 13.0. The Hall–Kier alpha value is -2.21. The van der Waals surface area contributed by atoms with Crippen LogP contribution in [0.1, 0.15) is 33.3 Å². The SMILES string of the molecule is CC1=C(C)C(C)([SiH](c2ccccc2)c2ccccc2)C(c2cc([Si](C)(C)C)cc([Si](C)(C)C)c2)=C1C. The summed E-state index contributed by atoms with van der Waals surface area (Å²) in [6.07, 6.45) is 0. The summed E-state index contributed by atoms with van der Waals surface area (Å²) >= 11 is 0. The van der Waals surface area contributed by atoms with Crippen LogP contribution in [0.5, 0.6) is 0 Å². The molecule has 3 heteroatoms. The second-order valence-corrected chi connectivity index (χ2v) is 26.5. The molecule has 0 amide bonds. The minimum Gasteiger partial charge on any atom is -0.0656 e. The van der Waals surface area contributed by atoms with E-state index in [2.05, 4.69) is 146 Å². The predicted molar refractivity (Wildman–Crippen MR) is 171 cm³/mol. The van der Waals surface area contributed by atoms with Gasteiger partial charge < -0.3 is 0 Å². The van der Waals surface area contributed by atoms with Gasteiger partial charge in [0.1, 0.15) is 8.80 Å². The van der Waals surface area contributed by atoms with Crippen LogP contribution in [0.3, 0.4) is 0 Å². The molecule has 0 nitrogen and oxygen atoms in total. The molecule has 3 aromatic carbocycles. The van der Waals surface area contributed by atoms with Gasteiger partial charge in [-0.15, -0.1) is 0 Å². The van der Waals surface area contributed by atoms with Gasteiger partial charge >= 0.3 is 0 Å². The molecule has 0 aromatic heterocycles. The maximum Gasteiger partial charge on any atom is 0.117 e. The van der Waals surface area contributed by atoms with E-state index in [0.717, 1.165) is 0 Å². The molecule has 0 bridgehead atoms. The smallest absolute Gasteiger partial charge is 0.0656 e. The van der Waals surface area contributed by atoms with Gasteiger partial charge in [0.15, 0.2) is 0 Å². The Morgan fingerprint density at radius 2 is 1.00 bits per heavy atom. The minimum absolute atomic E-state index is 0.00560. The molecule has 0 heterocycles. The summed E-state index contributed by atoms with van der Waals surface area (Å²) in [6.45, 7) is 24.7. The molecule has 0 saturated carbocycles. The third-order valence-corrected chi connectivity index (χ3v) is 16.6. The van der Waals surface area contributed by atoms with Gasteiger partial charge in [-0.2, -0.15) is 0 Å². The molecule has 36 heavy (non-hydrogen) atoms. The second kappa shape index (κ2) is 9.59. The molecule has 188 valence electrons. The third kappa shape index (κ3) is 4.73. The topological polar surface area (TPSA) is 0 Å². The minimum atomic E-state index is -1.69. The Labute approximate surface area is 223 Å². The van der Waals surface area contributed by atoms with Crippen LogP contribution >= 0.6 is 0 Å². The van der Waals surface area contributed by atoms with Crippen molar-refractivity contribution in [2.24, 2.45) is 0 Å². The molecule has 0 radical (unpaired) electrons. The number of hydrogen-bond donors (Lipinski definition) is 0. The highest BCUT2D eigenvalue weighted by Crippen LogP contribution is 2.58. The van der Waals surface area contributed by atoms with E-state index < -0.39 is 24.9 Å². The molecule has 0 spiro atoms. The van der Waals surface area contributed by atoms with Crippen LogP contribution < -0.4 is 20.7 Å². The lowest BCUT2D eigenvalue weighted by Crippen LogP contribution is -2.51. The van der Waals surface area contributed by atoms with E-state index in [1.807, 2.05) is 0 Å². The molecule has 0 aliphatic heterocycles. The highest BCUT2D eigenvalue weighted by molar-refractivity contribution is 6.92. The van der Waals surface area contributed by atoms with E-state index in [4.69, 9.17) is 0 Å². The number of rotatable bonds is 6. The molecule has 0 N–H and O–H groups in total. The van der Waals surface area contributed by atoms with E-state index in [1.54, 1.807) is 21.5 Å². The molecule has 1 aliphatic carbocycles. The summed E-state index contributed by atoms with van der Waals surface area (Å²) in [7, 11) is -4.66. The Kier molecular flexibility index (Phi) is 7.15. The molecule has 1 atom stereocenters. The first-order valence-corrected chi connectivity index (χ1v) is 22.2. The van der Waals surface area contributed by atoms with E-state index in [1.165, 1.54) is 27.1 Å². The lowest BCUT2D eigenvalue weighted by molar-refractivity contribution is 0.902. The van der Waals surface area contributed by atoms with Crippen molar-refractivity contribution < 1.29 is 0 Å². The molecule has 0 saturated heterocycles. The number of hydrogen-bond acceptors (Lipinski definition) is 0. The zero-order valence-electron chi connectivity index (χ0n) is 24.1. The van der Waals surface area contributed by atoms with Crippen LogP contribution in [0.25, 0.3) is 5.57 Å². The number of allylic oxidation sites excluding steroid dienone is 4.